The van der Waals surface area contributed by atoms with Crippen LogP contribution in [0, 0.1) is 6.92 Å². The zero-order valence-electron chi connectivity index (χ0n) is 15.9. The van der Waals surface area contributed by atoms with Crippen LogP contribution in [0.3, 0.4) is 0 Å². The van der Waals surface area contributed by atoms with Crippen LogP contribution in [0.15, 0.2) is 48.5 Å². The summed E-state index contributed by atoms with van der Waals surface area (Å²) in [6, 6.07) is 14.0. The molecule has 7 heteroatoms. The van der Waals surface area contributed by atoms with Crippen LogP contribution in [0.5, 0.6) is 5.75 Å². The molecule has 2 aromatic rings. The van der Waals surface area contributed by atoms with Crippen molar-refractivity contribution in [3.8, 4) is 5.75 Å². The molecule has 1 amide bonds. The number of rotatable bonds is 9. The van der Waals surface area contributed by atoms with Gasteiger partial charge in [0, 0.05) is 6.42 Å². The average molecular weight is 385 g/mol. The number of amides is 1. The van der Waals surface area contributed by atoms with Gasteiger partial charge in [0.1, 0.15) is 5.75 Å². The molecule has 0 aliphatic carbocycles. The summed E-state index contributed by atoms with van der Waals surface area (Å²) in [6.07, 6.45) is 0.609. The van der Waals surface area contributed by atoms with Crippen LogP contribution in [-0.4, -0.2) is 38.2 Å². The second-order valence-corrected chi connectivity index (χ2v) is 6.01. The smallest absolute Gasteiger partial charge is 0.339 e. The van der Waals surface area contributed by atoms with E-state index in [-0.39, 0.29) is 12.0 Å². The first-order valence-electron chi connectivity index (χ1n) is 8.82. The van der Waals surface area contributed by atoms with E-state index in [9.17, 15) is 14.4 Å². The highest BCUT2D eigenvalue weighted by Crippen LogP contribution is 2.16. The van der Waals surface area contributed by atoms with E-state index in [1.807, 2.05) is 31.2 Å². The molecule has 0 saturated carbocycles. The lowest BCUT2D eigenvalue weighted by Gasteiger charge is -2.10. The number of nitrogens with one attached hydrogen (secondary N) is 1. The summed E-state index contributed by atoms with van der Waals surface area (Å²) in [5, 5.41) is 2.53. The minimum atomic E-state index is -0.568. The van der Waals surface area contributed by atoms with Gasteiger partial charge in [-0.05, 0) is 37.6 Å². The van der Waals surface area contributed by atoms with E-state index in [1.54, 1.807) is 18.2 Å². The molecule has 0 spiro atoms. The second-order valence-electron chi connectivity index (χ2n) is 6.01. The van der Waals surface area contributed by atoms with Crippen molar-refractivity contribution in [3.63, 3.8) is 0 Å². The molecular weight excluding hydrogens is 362 g/mol. The van der Waals surface area contributed by atoms with Gasteiger partial charge in [0.2, 0.25) is 0 Å². The molecule has 28 heavy (non-hydrogen) atoms. The topological polar surface area (TPSA) is 90.9 Å². The molecule has 0 saturated heterocycles. The Morgan fingerprint density at radius 3 is 2.43 bits per heavy atom. The third-order valence-corrected chi connectivity index (χ3v) is 3.79. The quantitative estimate of drug-likeness (QED) is 0.527. The highest BCUT2D eigenvalue weighted by Gasteiger charge is 2.14. The summed E-state index contributed by atoms with van der Waals surface area (Å²) in [6.45, 7) is 1.92. The maximum Gasteiger partial charge on any atom is 0.339 e. The fourth-order valence-corrected chi connectivity index (χ4v) is 2.33. The van der Waals surface area contributed by atoms with Gasteiger partial charge < -0.3 is 19.5 Å². The maximum atomic E-state index is 12.0. The minimum absolute atomic E-state index is 0.137. The number of esters is 2. The van der Waals surface area contributed by atoms with Gasteiger partial charge in [-0.3, -0.25) is 9.59 Å². The highest BCUT2D eigenvalue weighted by atomic mass is 16.5. The number of para-hydroxylation sites is 1. The van der Waals surface area contributed by atoms with E-state index in [2.05, 4.69) is 10.1 Å². The lowest BCUT2D eigenvalue weighted by atomic mass is 10.2. The van der Waals surface area contributed by atoms with Gasteiger partial charge >= 0.3 is 11.9 Å². The molecule has 0 aromatic heterocycles. The molecule has 2 aromatic carbocycles. The first kappa shape index (κ1) is 21.0. The molecule has 0 heterocycles. The number of methoxy groups -OCH3 is 1. The lowest BCUT2D eigenvalue weighted by molar-refractivity contribution is -0.147. The minimum Gasteiger partial charge on any atom is -0.494 e. The van der Waals surface area contributed by atoms with E-state index in [0.717, 1.165) is 11.3 Å². The fourth-order valence-electron chi connectivity index (χ4n) is 2.33. The lowest BCUT2D eigenvalue weighted by Crippen LogP contribution is -2.22. The van der Waals surface area contributed by atoms with Gasteiger partial charge in [-0.2, -0.15) is 0 Å². The Morgan fingerprint density at radius 2 is 1.71 bits per heavy atom. The van der Waals surface area contributed by atoms with Crippen molar-refractivity contribution >= 4 is 23.5 Å². The van der Waals surface area contributed by atoms with E-state index < -0.39 is 24.5 Å². The Bertz CT molecular complexity index is 816. The van der Waals surface area contributed by atoms with Crippen molar-refractivity contribution in [2.45, 2.75) is 19.8 Å². The predicted octanol–water partition coefficient (Wildman–Crippen LogP) is 3.12. The third-order valence-electron chi connectivity index (χ3n) is 3.79. The van der Waals surface area contributed by atoms with Crippen molar-refractivity contribution in [1.29, 1.82) is 0 Å². The molecule has 0 fully saturated rings. The number of carbonyl (C=O) groups is 3. The van der Waals surface area contributed by atoms with E-state index in [1.165, 1.54) is 13.2 Å². The van der Waals surface area contributed by atoms with Crippen LogP contribution in [0.4, 0.5) is 5.69 Å². The summed E-state index contributed by atoms with van der Waals surface area (Å²) in [5.74, 6) is -0.867. The number of benzene rings is 2. The molecule has 148 valence electrons. The standard InChI is InChI=1S/C21H23NO6/c1-15-9-11-16(12-10-15)27-13-5-8-20(24)28-14-19(23)22-18-7-4-3-6-17(18)21(25)26-2/h3-4,6-7,9-12H,5,8,13-14H2,1-2H3,(H,22,23). The molecule has 7 nitrogen and oxygen atoms in total. The van der Waals surface area contributed by atoms with Gasteiger partial charge in [-0.25, -0.2) is 4.79 Å². The molecule has 0 bridgehead atoms. The molecule has 1 N–H and O–H groups in total. The van der Waals surface area contributed by atoms with Crippen LogP contribution in [-0.2, 0) is 19.1 Å². The monoisotopic (exact) mass is 385 g/mol. The first-order valence-corrected chi connectivity index (χ1v) is 8.82. The SMILES string of the molecule is COC(=O)c1ccccc1NC(=O)COC(=O)CCCOc1ccc(C)cc1. The Morgan fingerprint density at radius 1 is 1.00 bits per heavy atom. The van der Waals surface area contributed by atoms with Crippen molar-refractivity contribution in [2.75, 3.05) is 25.6 Å². The Kier molecular flexibility index (Phi) is 8.02. The summed E-state index contributed by atoms with van der Waals surface area (Å²) in [5.41, 5.74) is 1.66. The number of aryl methyl sites for hydroxylation is 1. The summed E-state index contributed by atoms with van der Waals surface area (Å²) in [7, 11) is 1.26. The van der Waals surface area contributed by atoms with Gasteiger partial charge in [-0.1, -0.05) is 29.8 Å². The summed E-state index contributed by atoms with van der Waals surface area (Å²) >= 11 is 0. The highest BCUT2D eigenvalue weighted by molar-refractivity contribution is 6.01. The van der Waals surface area contributed by atoms with Crippen molar-refractivity contribution < 1.29 is 28.6 Å². The van der Waals surface area contributed by atoms with Crippen LogP contribution in [0.2, 0.25) is 0 Å². The van der Waals surface area contributed by atoms with Gasteiger partial charge in [0.25, 0.3) is 5.91 Å². The van der Waals surface area contributed by atoms with E-state index in [0.29, 0.717) is 18.7 Å². The Labute approximate surface area is 163 Å². The Balaban J connectivity index is 1.69. The molecule has 0 unspecified atom stereocenters. The largest absolute Gasteiger partial charge is 0.494 e. The van der Waals surface area contributed by atoms with E-state index >= 15 is 0 Å². The molecular formula is C21H23NO6. The molecule has 0 radical (unpaired) electrons. The van der Waals surface area contributed by atoms with Crippen LogP contribution >= 0.6 is 0 Å². The number of hydrogen-bond acceptors (Lipinski definition) is 6. The molecule has 0 aliphatic rings. The van der Waals surface area contributed by atoms with Crippen molar-refractivity contribution in [2.24, 2.45) is 0 Å². The maximum absolute atomic E-state index is 12.0. The molecule has 2 rings (SSSR count). The van der Waals surface area contributed by atoms with E-state index in [4.69, 9.17) is 9.47 Å². The zero-order valence-corrected chi connectivity index (χ0v) is 15.9. The summed E-state index contributed by atoms with van der Waals surface area (Å²) < 4.78 is 15.1. The van der Waals surface area contributed by atoms with Crippen molar-refractivity contribution in [1.82, 2.24) is 0 Å². The first-order chi connectivity index (χ1) is 13.5. The van der Waals surface area contributed by atoms with Crippen molar-refractivity contribution in [3.05, 3.63) is 59.7 Å². The van der Waals surface area contributed by atoms with Crippen LogP contribution in [0.25, 0.3) is 0 Å². The molecule has 0 aliphatic heterocycles. The average Bonchev–Trinajstić information content (AvgIpc) is 2.71. The normalized spacial score (nSPS) is 10.1. The molecule has 0 atom stereocenters. The second kappa shape index (κ2) is 10.7. The summed E-state index contributed by atoms with van der Waals surface area (Å²) in [4.78, 5) is 35.4. The predicted molar refractivity (Wildman–Crippen MR) is 103 cm³/mol. The number of carbonyl (C=O) groups excluding carboxylic acids is 3. The van der Waals surface area contributed by atoms with Crippen LogP contribution in [0.1, 0.15) is 28.8 Å². The Hall–Kier alpha value is -3.35. The number of anilines is 1. The van der Waals surface area contributed by atoms with Crippen LogP contribution < -0.4 is 10.1 Å². The van der Waals surface area contributed by atoms with Gasteiger partial charge in [-0.15, -0.1) is 0 Å². The third kappa shape index (κ3) is 6.75. The fraction of sp³-hybridized carbons (Fsp3) is 0.286. The van der Waals surface area contributed by atoms with Gasteiger partial charge in [0.05, 0.1) is 25.0 Å². The van der Waals surface area contributed by atoms with Gasteiger partial charge in [0.15, 0.2) is 6.61 Å². The zero-order chi connectivity index (χ0) is 20.4. The number of ether oxygens (including phenoxy) is 3. The number of hydrogen-bond donors (Lipinski definition) is 1.